The Labute approximate surface area is 169 Å². The molecular formula is C16H26BrIN4O2. The molecule has 6 nitrogen and oxygen atoms in total. The fraction of sp³-hybridized carbons (Fsp3) is 0.500. The highest BCUT2D eigenvalue weighted by atomic mass is 127. The van der Waals surface area contributed by atoms with E-state index in [1.165, 1.54) is 0 Å². The summed E-state index contributed by atoms with van der Waals surface area (Å²) >= 11 is 3.50. The zero-order valence-corrected chi connectivity index (χ0v) is 18.3. The first-order valence-corrected chi connectivity index (χ1v) is 8.28. The number of amides is 1. The Bertz CT molecular complexity index is 529. The third kappa shape index (κ3) is 8.84. The molecule has 1 amide bonds. The summed E-state index contributed by atoms with van der Waals surface area (Å²) in [6.07, 6.45) is 0.409. The number of rotatable bonds is 8. The summed E-state index contributed by atoms with van der Waals surface area (Å²) in [5.74, 6) is 0.754. The lowest BCUT2D eigenvalue weighted by molar-refractivity contribution is -0.130. The number of halogens is 2. The number of hydrogen-bond acceptors (Lipinski definition) is 3. The fourth-order valence-corrected chi connectivity index (χ4v) is 2.35. The van der Waals surface area contributed by atoms with Crippen molar-refractivity contribution >= 4 is 51.8 Å². The van der Waals surface area contributed by atoms with Crippen LogP contribution in [0, 0.1) is 0 Å². The highest BCUT2D eigenvalue weighted by molar-refractivity contribution is 14.0. The molecule has 0 saturated heterocycles. The molecular weight excluding hydrogens is 487 g/mol. The van der Waals surface area contributed by atoms with Crippen LogP contribution in [0.25, 0.3) is 0 Å². The maximum atomic E-state index is 12.2. The zero-order chi connectivity index (χ0) is 17.1. The molecule has 0 heterocycles. The van der Waals surface area contributed by atoms with Gasteiger partial charge in [0.05, 0.1) is 6.61 Å². The Balaban J connectivity index is 0.00000529. The highest BCUT2D eigenvalue weighted by Crippen LogP contribution is 2.17. The molecule has 0 radical (unpaired) electrons. The maximum absolute atomic E-state index is 12.2. The highest BCUT2D eigenvalue weighted by Gasteiger charge is 2.10. The van der Waals surface area contributed by atoms with Crippen LogP contribution in [0.1, 0.15) is 12.0 Å². The largest absolute Gasteiger partial charge is 0.383 e. The molecule has 0 spiro atoms. The molecule has 0 aliphatic carbocycles. The van der Waals surface area contributed by atoms with Gasteiger partial charge in [-0.15, -0.1) is 24.0 Å². The molecule has 2 N–H and O–H groups in total. The van der Waals surface area contributed by atoms with Gasteiger partial charge in [0.1, 0.15) is 0 Å². The van der Waals surface area contributed by atoms with E-state index in [1.54, 1.807) is 19.1 Å². The first-order chi connectivity index (χ1) is 11.1. The van der Waals surface area contributed by atoms with Gasteiger partial charge >= 0.3 is 0 Å². The Morgan fingerprint density at radius 2 is 1.96 bits per heavy atom. The van der Waals surface area contributed by atoms with E-state index in [1.807, 2.05) is 31.3 Å². The van der Waals surface area contributed by atoms with Crippen molar-refractivity contribution in [3.05, 3.63) is 34.3 Å². The standard InChI is InChI=1S/C16H25BrN4O2.HI/c1-18-16(20-10-11-23-3)19-9-8-15(22)21(2)12-13-6-4-5-7-14(13)17;/h4-7H,8-12H2,1-3H3,(H2,18,19,20);1H. The van der Waals surface area contributed by atoms with Gasteiger partial charge in [0.15, 0.2) is 5.96 Å². The summed E-state index contributed by atoms with van der Waals surface area (Å²) in [4.78, 5) is 18.0. The number of nitrogens with zero attached hydrogens (tertiary/aromatic N) is 2. The van der Waals surface area contributed by atoms with Crippen LogP contribution in [0.4, 0.5) is 0 Å². The number of methoxy groups -OCH3 is 1. The minimum Gasteiger partial charge on any atom is -0.383 e. The molecule has 136 valence electrons. The second-order valence-electron chi connectivity index (χ2n) is 5.01. The Hall–Kier alpha value is -0.870. The average molecular weight is 513 g/mol. The summed E-state index contributed by atoms with van der Waals surface area (Å²) in [6.45, 7) is 2.40. The van der Waals surface area contributed by atoms with Crippen LogP contribution < -0.4 is 10.6 Å². The normalized spacial score (nSPS) is 10.8. The van der Waals surface area contributed by atoms with E-state index >= 15 is 0 Å². The molecule has 0 aromatic heterocycles. The first kappa shape index (κ1) is 23.1. The summed E-state index contributed by atoms with van der Waals surface area (Å²) in [7, 11) is 5.16. The number of carbonyl (C=O) groups is 1. The van der Waals surface area contributed by atoms with Gasteiger partial charge in [0, 0.05) is 51.7 Å². The van der Waals surface area contributed by atoms with Crippen LogP contribution in [-0.2, 0) is 16.1 Å². The van der Waals surface area contributed by atoms with E-state index in [4.69, 9.17) is 4.74 Å². The minimum absolute atomic E-state index is 0. The molecule has 0 fully saturated rings. The molecule has 8 heteroatoms. The Kier molecular flexibility index (Phi) is 12.9. The van der Waals surface area contributed by atoms with Crippen molar-refractivity contribution < 1.29 is 9.53 Å². The molecule has 1 rings (SSSR count). The lowest BCUT2D eigenvalue weighted by atomic mass is 10.2. The van der Waals surface area contributed by atoms with Crippen molar-refractivity contribution in [1.82, 2.24) is 15.5 Å². The van der Waals surface area contributed by atoms with Gasteiger partial charge in [0.2, 0.25) is 5.91 Å². The van der Waals surface area contributed by atoms with Gasteiger partial charge < -0.3 is 20.3 Å². The number of benzene rings is 1. The van der Waals surface area contributed by atoms with Crippen LogP contribution in [-0.4, -0.2) is 57.7 Å². The second-order valence-corrected chi connectivity index (χ2v) is 5.86. The maximum Gasteiger partial charge on any atom is 0.224 e. The monoisotopic (exact) mass is 512 g/mol. The van der Waals surface area contributed by atoms with Gasteiger partial charge in [-0.1, -0.05) is 34.1 Å². The molecule has 1 aromatic carbocycles. The van der Waals surface area contributed by atoms with E-state index in [0.29, 0.717) is 38.6 Å². The lowest BCUT2D eigenvalue weighted by Crippen LogP contribution is -2.40. The summed E-state index contributed by atoms with van der Waals surface area (Å²) in [5.41, 5.74) is 1.09. The third-order valence-electron chi connectivity index (χ3n) is 3.24. The first-order valence-electron chi connectivity index (χ1n) is 7.49. The van der Waals surface area contributed by atoms with Crippen LogP contribution in [0.3, 0.4) is 0 Å². The van der Waals surface area contributed by atoms with Crippen LogP contribution in [0.5, 0.6) is 0 Å². The van der Waals surface area contributed by atoms with E-state index in [2.05, 4.69) is 31.6 Å². The van der Waals surface area contributed by atoms with Crippen molar-refractivity contribution in [3.63, 3.8) is 0 Å². The van der Waals surface area contributed by atoms with Gasteiger partial charge in [-0.05, 0) is 11.6 Å². The molecule has 0 aliphatic rings. The lowest BCUT2D eigenvalue weighted by Gasteiger charge is -2.19. The number of carbonyl (C=O) groups excluding carboxylic acids is 1. The summed E-state index contributed by atoms with van der Waals surface area (Å²) < 4.78 is 5.98. The van der Waals surface area contributed by atoms with Crippen molar-refractivity contribution in [2.45, 2.75) is 13.0 Å². The Morgan fingerprint density at radius 3 is 2.58 bits per heavy atom. The topological polar surface area (TPSA) is 66.0 Å². The number of guanidine groups is 1. The van der Waals surface area contributed by atoms with Gasteiger partial charge in [-0.3, -0.25) is 9.79 Å². The molecule has 0 saturated carbocycles. The molecule has 1 aromatic rings. The number of hydrogen-bond donors (Lipinski definition) is 2. The quantitative estimate of drug-likeness (QED) is 0.242. The Morgan fingerprint density at radius 1 is 1.29 bits per heavy atom. The van der Waals surface area contributed by atoms with Crippen LogP contribution >= 0.6 is 39.9 Å². The zero-order valence-electron chi connectivity index (χ0n) is 14.3. The summed E-state index contributed by atoms with van der Waals surface area (Å²) in [6, 6.07) is 7.91. The van der Waals surface area contributed by atoms with E-state index in [-0.39, 0.29) is 29.9 Å². The molecule has 0 aliphatic heterocycles. The van der Waals surface area contributed by atoms with E-state index in [0.717, 1.165) is 10.0 Å². The SMILES string of the molecule is CN=C(NCCOC)NCCC(=O)N(C)Cc1ccccc1Br.I. The molecule has 0 bridgehead atoms. The third-order valence-corrected chi connectivity index (χ3v) is 4.02. The number of ether oxygens (including phenoxy) is 1. The predicted octanol–water partition coefficient (Wildman–Crippen LogP) is 2.23. The van der Waals surface area contributed by atoms with Gasteiger partial charge in [-0.25, -0.2) is 0 Å². The number of aliphatic imine (C=N–C) groups is 1. The fourth-order valence-electron chi connectivity index (χ4n) is 1.94. The molecule has 24 heavy (non-hydrogen) atoms. The van der Waals surface area contributed by atoms with E-state index < -0.39 is 0 Å². The van der Waals surface area contributed by atoms with Crippen molar-refractivity contribution in [2.75, 3.05) is 40.9 Å². The van der Waals surface area contributed by atoms with Crippen LogP contribution in [0.15, 0.2) is 33.7 Å². The molecule has 0 unspecified atom stereocenters. The van der Waals surface area contributed by atoms with Crippen LogP contribution in [0.2, 0.25) is 0 Å². The predicted molar refractivity (Wildman–Crippen MR) is 112 cm³/mol. The van der Waals surface area contributed by atoms with Gasteiger partial charge in [0.25, 0.3) is 0 Å². The number of nitrogens with one attached hydrogen (secondary N) is 2. The average Bonchev–Trinajstić information content (AvgIpc) is 2.55. The minimum atomic E-state index is 0. The summed E-state index contributed by atoms with van der Waals surface area (Å²) in [5, 5.41) is 6.22. The second kappa shape index (κ2) is 13.4. The van der Waals surface area contributed by atoms with Crippen molar-refractivity contribution in [3.8, 4) is 0 Å². The molecule has 0 atom stereocenters. The van der Waals surface area contributed by atoms with E-state index in [9.17, 15) is 4.79 Å². The van der Waals surface area contributed by atoms with Crippen molar-refractivity contribution in [2.24, 2.45) is 4.99 Å². The van der Waals surface area contributed by atoms with Gasteiger partial charge in [-0.2, -0.15) is 0 Å². The van der Waals surface area contributed by atoms with Crippen molar-refractivity contribution in [1.29, 1.82) is 0 Å². The smallest absolute Gasteiger partial charge is 0.224 e.